The number of pyridine rings is 1. The van der Waals surface area contributed by atoms with E-state index in [0.29, 0.717) is 29.2 Å². The normalized spacial score (nSPS) is 14.0. The highest BCUT2D eigenvalue weighted by Gasteiger charge is 2.17. The number of halogens is 1. The van der Waals surface area contributed by atoms with Crippen LogP contribution < -0.4 is 25.4 Å². The number of fused-ring (bicyclic) bond motifs is 1. The molecule has 4 aromatic rings. The number of benzene rings is 2. The maximum Gasteiger partial charge on any atom is 0.144 e. The van der Waals surface area contributed by atoms with Crippen molar-refractivity contribution in [2.24, 2.45) is 0 Å². The second-order valence-corrected chi connectivity index (χ2v) is 8.75. The van der Waals surface area contributed by atoms with E-state index in [1.165, 1.54) is 6.33 Å². The van der Waals surface area contributed by atoms with Crippen molar-refractivity contribution in [2.75, 3.05) is 30.8 Å². The third-order valence-corrected chi connectivity index (χ3v) is 6.25. The summed E-state index contributed by atoms with van der Waals surface area (Å²) in [6.45, 7) is 2.36. The Kier molecular flexibility index (Phi) is 7.11. The van der Waals surface area contributed by atoms with Gasteiger partial charge in [0.2, 0.25) is 0 Å². The fraction of sp³-hybridized carbons (Fsp3) is 0.269. The Bertz CT molecular complexity index is 1300. The van der Waals surface area contributed by atoms with Gasteiger partial charge in [0.1, 0.15) is 30.3 Å². The number of methoxy groups -OCH3 is 1. The Morgan fingerprint density at radius 3 is 2.69 bits per heavy atom. The minimum atomic E-state index is 0.346. The van der Waals surface area contributed by atoms with Gasteiger partial charge in [-0.3, -0.25) is 4.98 Å². The van der Waals surface area contributed by atoms with Crippen LogP contribution in [-0.2, 0) is 6.61 Å². The summed E-state index contributed by atoms with van der Waals surface area (Å²) in [5.74, 6) is 2.04. The van der Waals surface area contributed by atoms with Gasteiger partial charge in [-0.05, 0) is 62.3 Å². The molecule has 8 nitrogen and oxygen atoms in total. The molecule has 0 aliphatic carbocycles. The summed E-state index contributed by atoms with van der Waals surface area (Å²) >= 11 is 6.50. The van der Waals surface area contributed by atoms with Crippen LogP contribution in [0.15, 0.2) is 61.1 Å². The minimum absolute atomic E-state index is 0.346. The predicted octanol–water partition coefficient (Wildman–Crippen LogP) is 5.17. The standard InChI is InChI=1S/C26H27ClN6O2/c1-34-25-14-22-20(13-23(25)32-17-7-10-28-11-8-17)26(31-16-30-22)33-18-5-6-24(21(27)12-18)35-15-19-4-2-3-9-29-19/h2-6,9,12-14,16-17,28,32H,7-8,10-11,15H2,1H3,(H,30,31,33). The molecule has 1 aliphatic rings. The molecule has 0 atom stereocenters. The summed E-state index contributed by atoms with van der Waals surface area (Å²) in [5, 5.41) is 11.8. The summed E-state index contributed by atoms with van der Waals surface area (Å²) in [5.41, 5.74) is 3.35. The zero-order valence-electron chi connectivity index (χ0n) is 19.4. The van der Waals surface area contributed by atoms with Crippen molar-refractivity contribution < 1.29 is 9.47 Å². The average molecular weight is 491 g/mol. The number of hydrogen-bond donors (Lipinski definition) is 3. The lowest BCUT2D eigenvalue weighted by atomic mass is 10.1. The smallest absolute Gasteiger partial charge is 0.144 e. The first-order chi connectivity index (χ1) is 17.2. The first-order valence-electron chi connectivity index (χ1n) is 11.6. The van der Waals surface area contributed by atoms with Crippen molar-refractivity contribution in [3.8, 4) is 11.5 Å². The molecule has 0 spiro atoms. The summed E-state index contributed by atoms with van der Waals surface area (Å²) in [7, 11) is 1.68. The van der Waals surface area contributed by atoms with Crippen LogP contribution in [0, 0.1) is 0 Å². The van der Waals surface area contributed by atoms with Crippen LogP contribution >= 0.6 is 11.6 Å². The minimum Gasteiger partial charge on any atom is -0.495 e. The molecule has 9 heteroatoms. The highest BCUT2D eigenvalue weighted by molar-refractivity contribution is 6.32. The predicted molar refractivity (Wildman–Crippen MR) is 139 cm³/mol. The van der Waals surface area contributed by atoms with E-state index in [1.807, 2.05) is 48.5 Å². The lowest BCUT2D eigenvalue weighted by molar-refractivity contribution is 0.301. The maximum absolute atomic E-state index is 6.50. The Labute approximate surface area is 209 Å². The van der Waals surface area contributed by atoms with Crippen molar-refractivity contribution >= 4 is 39.7 Å². The topological polar surface area (TPSA) is 93.2 Å². The first kappa shape index (κ1) is 23.1. The van der Waals surface area contributed by atoms with Gasteiger partial charge in [0.15, 0.2) is 0 Å². The van der Waals surface area contributed by atoms with E-state index in [0.717, 1.165) is 59.7 Å². The van der Waals surface area contributed by atoms with Crippen LogP contribution in [0.2, 0.25) is 5.02 Å². The number of ether oxygens (including phenoxy) is 2. The van der Waals surface area contributed by atoms with Gasteiger partial charge < -0.3 is 25.4 Å². The summed E-state index contributed by atoms with van der Waals surface area (Å²) < 4.78 is 11.5. The zero-order valence-corrected chi connectivity index (χ0v) is 20.2. The monoisotopic (exact) mass is 490 g/mol. The van der Waals surface area contributed by atoms with Crippen LogP contribution in [-0.4, -0.2) is 41.2 Å². The largest absolute Gasteiger partial charge is 0.495 e. The van der Waals surface area contributed by atoms with E-state index in [-0.39, 0.29) is 0 Å². The Hall–Kier alpha value is -3.62. The van der Waals surface area contributed by atoms with Gasteiger partial charge in [0, 0.05) is 29.4 Å². The fourth-order valence-electron chi connectivity index (χ4n) is 4.12. The molecule has 0 bridgehead atoms. The first-order valence-corrected chi connectivity index (χ1v) is 12.0. The van der Waals surface area contributed by atoms with Crippen molar-refractivity contribution in [3.63, 3.8) is 0 Å². The second kappa shape index (κ2) is 10.8. The van der Waals surface area contributed by atoms with Crippen molar-refractivity contribution in [1.82, 2.24) is 20.3 Å². The number of rotatable bonds is 8. The van der Waals surface area contributed by atoms with E-state index in [4.69, 9.17) is 21.1 Å². The molecule has 1 fully saturated rings. The van der Waals surface area contributed by atoms with Crippen molar-refractivity contribution in [1.29, 1.82) is 0 Å². The average Bonchev–Trinajstić information content (AvgIpc) is 2.89. The van der Waals surface area contributed by atoms with Crippen LogP contribution in [0.1, 0.15) is 18.5 Å². The molecule has 0 amide bonds. The quantitative estimate of drug-likeness (QED) is 0.311. The molecular formula is C26H27ClN6O2. The van der Waals surface area contributed by atoms with Crippen LogP contribution in [0.3, 0.4) is 0 Å². The number of anilines is 3. The summed E-state index contributed by atoms with van der Waals surface area (Å²) in [6, 6.07) is 15.6. The van der Waals surface area contributed by atoms with Crippen molar-refractivity contribution in [2.45, 2.75) is 25.5 Å². The van der Waals surface area contributed by atoms with Crippen molar-refractivity contribution in [3.05, 3.63) is 71.8 Å². The highest BCUT2D eigenvalue weighted by atomic mass is 35.5. The van der Waals surface area contributed by atoms with Crippen LogP contribution in [0.25, 0.3) is 10.9 Å². The molecule has 0 saturated carbocycles. The third-order valence-electron chi connectivity index (χ3n) is 5.95. The van der Waals surface area contributed by atoms with E-state index < -0.39 is 0 Å². The van der Waals surface area contributed by atoms with E-state index in [2.05, 4.69) is 30.9 Å². The van der Waals surface area contributed by atoms with E-state index in [1.54, 1.807) is 13.3 Å². The van der Waals surface area contributed by atoms with Crippen LogP contribution in [0.5, 0.6) is 11.5 Å². The Balaban J connectivity index is 1.37. The van der Waals surface area contributed by atoms with Gasteiger partial charge >= 0.3 is 0 Å². The summed E-state index contributed by atoms with van der Waals surface area (Å²) in [6.07, 6.45) is 5.40. The third kappa shape index (κ3) is 5.55. The highest BCUT2D eigenvalue weighted by Crippen LogP contribution is 2.35. The molecule has 2 aromatic carbocycles. The lowest BCUT2D eigenvalue weighted by Crippen LogP contribution is -2.35. The molecule has 1 aliphatic heterocycles. The number of aromatic nitrogens is 3. The van der Waals surface area contributed by atoms with Gasteiger partial charge in [0.25, 0.3) is 0 Å². The molecule has 3 heterocycles. The molecule has 2 aromatic heterocycles. The van der Waals surface area contributed by atoms with Crippen LogP contribution in [0.4, 0.5) is 17.2 Å². The number of nitrogens with zero attached hydrogens (tertiary/aromatic N) is 3. The van der Waals surface area contributed by atoms with Gasteiger partial charge in [-0.15, -0.1) is 0 Å². The van der Waals surface area contributed by atoms with Gasteiger partial charge in [-0.1, -0.05) is 17.7 Å². The summed E-state index contributed by atoms with van der Waals surface area (Å²) in [4.78, 5) is 13.2. The molecule has 35 heavy (non-hydrogen) atoms. The van der Waals surface area contributed by atoms with Gasteiger partial charge in [0.05, 0.1) is 29.0 Å². The SMILES string of the molecule is COc1cc2ncnc(Nc3ccc(OCc4ccccn4)c(Cl)c3)c2cc1NC1CCNCC1. The number of nitrogens with one attached hydrogen (secondary N) is 3. The number of hydrogen-bond acceptors (Lipinski definition) is 8. The van der Waals surface area contributed by atoms with E-state index >= 15 is 0 Å². The molecule has 180 valence electrons. The number of piperidine rings is 1. The zero-order chi connectivity index (χ0) is 24.0. The lowest BCUT2D eigenvalue weighted by Gasteiger charge is -2.25. The molecule has 0 unspecified atom stereocenters. The second-order valence-electron chi connectivity index (χ2n) is 8.34. The van der Waals surface area contributed by atoms with Gasteiger partial charge in [-0.25, -0.2) is 9.97 Å². The maximum atomic E-state index is 6.50. The van der Waals surface area contributed by atoms with Gasteiger partial charge in [-0.2, -0.15) is 0 Å². The Morgan fingerprint density at radius 2 is 1.91 bits per heavy atom. The van der Waals surface area contributed by atoms with E-state index in [9.17, 15) is 0 Å². The molecular weight excluding hydrogens is 464 g/mol. The molecule has 1 saturated heterocycles. The fourth-order valence-corrected chi connectivity index (χ4v) is 4.35. The molecule has 5 rings (SSSR count). The molecule has 3 N–H and O–H groups in total. The Morgan fingerprint density at radius 1 is 1.03 bits per heavy atom. The molecule has 0 radical (unpaired) electrons.